The number of hydrogen-bond donors (Lipinski definition) is 1. The number of hydrogen-bond acceptors (Lipinski definition) is 2. The molecule has 0 aliphatic carbocycles. The maximum absolute atomic E-state index is 12.3. The van der Waals surface area contributed by atoms with Crippen molar-refractivity contribution < 1.29 is 4.79 Å². The van der Waals surface area contributed by atoms with Crippen LogP contribution in [0.3, 0.4) is 0 Å². The molecule has 92 valence electrons. The van der Waals surface area contributed by atoms with Crippen LogP contribution in [0.25, 0.3) is 0 Å². The van der Waals surface area contributed by atoms with Crippen LogP contribution >= 0.6 is 15.9 Å². The Morgan fingerprint density at radius 1 is 1.06 bits per heavy atom. The van der Waals surface area contributed by atoms with E-state index in [1.54, 1.807) is 12.1 Å². The van der Waals surface area contributed by atoms with Crippen LogP contribution in [0.5, 0.6) is 0 Å². The average molecular weight is 304 g/mol. The lowest BCUT2D eigenvalue weighted by Gasteiger charge is -2.07. The molecule has 0 aliphatic heterocycles. The number of carbonyl (C=O) groups excluding carboxylic acids is 1. The Balaban J connectivity index is 2.44. The fourth-order valence-electron chi connectivity index (χ4n) is 1.78. The van der Waals surface area contributed by atoms with Gasteiger partial charge in [0.25, 0.3) is 0 Å². The smallest absolute Gasteiger partial charge is 0.195 e. The summed E-state index contributed by atoms with van der Waals surface area (Å²) in [5, 5.41) is 0. The summed E-state index contributed by atoms with van der Waals surface area (Å²) < 4.78 is 0.872. The van der Waals surface area contributed by atoms with Crippen molar-refractivity contribution in [3.63, 3.8) is 0 Å². The molecule has 0 aromatic heterocycles. The molecule has 2 rings (SSSR count). The maximum atomic E-state index is 12.3. The molecule has 0 spiro atoms. The third-order valence-electron chi connectivity index (χ3n) is 3.03. The summed E-state index contributed by atoms with van der Waals surface area (Å²) in [6.45, 7) is 4.02. The molecule has 3 heteroatoms. The molecule has 2 nitrogen and oxygen atoms in total. The molecule has 0 fully saturated rings. The van der Waals surface area contributed by atoms with E-state index in [-0.39, 0.29) is 5.78 Å². The van der Waals surface area contributed by atoms with Gasteiger partial charge < -0.3 is 5.73 Å². The van der Waals surface area contributed by atoms with Crippen LogP contribution in [0, 0.1) is 13.8 Å². The average Bonchev–Trinajstić information content (AvgIpc) is 2.32. The maximum Gasteiger partial charge on any atom is 0.195 e. The highest BCUT2D eigenvalue weighted by Crippen LogP contribution is 2.22. The van der Waals surface area contributed by atoms with Crippen LogP contribution in [0.2, 0.25) is 0 Å². The number of anilines is 1. The molecule has 0 heterocycles. The number of carbonyl (C=O) groups is 1. The summed E-state index contributed by atoms with van der Waals surface area (Å²) in [6, 6.07) is 11.0. The minimum atomic E-state index is -0.0388. The quantitative estimate of drug-likeness (QED) is 0.676. The van der Waals surface area contributed by atoms with Gasteiger partial charge in [0.2, 0.25) is 0 Å². The van der Waals surface area contributed by atoms with E-state index in [1.165, 1.54) is 5.56 Å². The predicted octanol–water partition coefficient (Wildman–Crippen LogP) is 3.88. The Kier molecular flexibility index (Phi) is 3.53. The molecule has 2 aromatic rings. The Labute approximate surface area is 115 Å². The molecule has 0 radical (unpaired) electrons. The second kappa shape index (κ2) is 4.94. The molecule has 18 heavy (non-hydrogen) atoms. The fourth-order valence-corrected chi connectivity index (χ4v) is 2.16. The van der Waals surface area contributed by atoms with Crippen LogP contribution < -0.4 is 5.73 Å². The Morgan fingerprint density at radius 3 is 2.39 bits per heavy atom. The van der Waals surface area contributed by atoms with Crippen molar-refractivity contribution in [3.05, 3.63) is 63.1 Å². The molecule has 0 bridgehead atoms. The van der Waals surface area contributed by atoms with Crippen molar-refractivity contribution in [3.8, 4) is 0 Å². The molecule has 0 unspecified atom stereocenters. The lowest BCUT2D eigenvalue weighted by atomic mass is 9.98. The highest BCUT2D eigenvalue weighted by molar-refractivity contribution is 9.10. The largest absolute Gasteiger partial charge is 0.398 e. The van der Waals surface area contributed by atoms with E-state index in [9.17, 15) is 4.79 Å². The molecular weight excluding hydrogens is 290 g/mol. The van der Waals surface area contributed by atoms with Crippen molar-refractivity contribution in [1.82, 2.24) is 0 Å². The minimum Gasteiger partial charge on any atom is -0.398 e. The Bertz CT molecular complexity index is 620. The lowest BCUT2D eigenvalue weighted by molar-refractivity contribution is 0.103. The van der Waals surface area contributed by atoms with Crippen LogP contribution in [0.1, 0.15) is 27.0 Å². The lowest BCUT2D eigenvalue weighted by Crippen LogP contribution is -2.05. The van der Waals surface area contributed by atoms with E-state index < -0.39 is 0 Å². The van der Waals surface area contributed by atoms with Gasteiger partial charge in [-0.15, -0.1) is 0 Å². The normalized spacial score (nSPS) is 10.4. The first-order valence-corrected chi connectivity index (χ1v) is 6.45. The SMILES string of the molecule is Cc1ccc(C(=O)c2ccc(Br)cc2N)cc1C. The van der Waals surface area contributed by atoms with Gasteiger partial charge in [0.05, 0.1) is 0 Å². The van der Waals surface area contributed by atoms with E-state index >= 15 is 0 Å². The highest BCUT2D eigenvalue weighted by atomic mass is 79.9. The van der Waals surface area contributed by atoms with E-state index in [1.807, 2.05) is 38.1 Å². The number of halogens is 1. The second-order valence-electron chi connectivity index (χ2n) is 4.36. The number of nitrogen functional groups attached to an aromatic ring is 1. The van der Waals surface area contributed by atoms with Crippen LogP contribution in [-0.4, -0.2) is 5.78 Å². The molecule has 2 aromatic carbocycles. The van der Waals surface area contributed by atoms with Crippen LogP contribution in [0.4, 0.5) is 5.69 Å². The van der Waals surface area contributed by atoms with Crippen molar-refractivity contribution in [1.29, 1.82) is 0 Å². The number of ketones is 1. The summed E-state index contributed by atoms with van der Waals surface area (Å²) in [5.74, 6) is -0.0388. The zero-order valence-electron chi connectivity index (χ0n) is 10.3. The van der Waals surface area contributed by atoms with Gasteiger partial charge >= 0.3 is 0 Å². The molecule has 0 atom stereocenters. The van der Waals surface area contributed by atoms with Crippen LogP contribution in [0.15, 0.2) is 40.9 Å². The van der Waals surface area contributed by atoms with Crippen LogP contribution in [-0.2, 0) is 0 Å². The summed E-state index contributed by atoms with van der Waals surface area (Å²) in [4.78, 5) is 12.3. The first-order valence-electron chi connectivity index (χ1n) is 5.66. The number of rotatable bonds is 2. The van der Waals surface area contributed by atoms with Gasteiger partial charge in [0.1, 0.15) is 0 Å². The van der Waals surface area contributed by atoms with Gasteiger partial charge in [-0.2, -0.15) is 0 Å². The third-order valence-corrected chi connectivity index (χ3v) is 3.52. The number of aryl methyl sites for hydroxylation is 2. The van der Waals surface area contributed by atoms with Crippen molar-refractivity contribution in [2.45, 2.75) is 13.8 Å². The topological polar surface area (TPSA) is 43.1 Å². The second-order valence-corrected chi connectivity index (χ2v) is 5.28. The molecule has 0 saturated heterocycles. The molecular formula is C15H14BrNO. The molecule has 0 saturated carbocycles. The molecule has 2 N–H and O–H groups in total. The number of nitrogens with two attached hydrogens (primary N) is 1. The zero-order valence-corrected chi connectivity index (χ0v) is 11.9. The van der Waals surface area contributed by atoms with Gasteiger partial charge in [-0.25, -0.2) is 0 Å². The van der Waals surface area contributed by atoms with Gasteiger partial charge in [-0.3, -0.25) is 4.79 Å². The number of benzene rings is 2. The van der Waals surface area contributed by atoms with Crippen molar-refractivity contribution >= 4 is 27.4 Å². The fraction of sp³-hybridized carbons (Fsp3) is 0.133. The standard InChI is InChI=1S/C15H14BrNO/c1-9-3-4-11(7-10(9)2)15(18)13-6-5-12(16)8-14(13)17/h3-8H,17H2,1-2H3. The van der Waals surface area contributed by atoms with Gasteiger partial charge in [0.15, 0.2) is 5.78 Å². The van der Waals surface area contributed by atoms with E-state index in [4.69, 9.17) is 5.73 Å². The Morgan fingerprint density at radius 2 is 1.78 bits per heavy atom. The van der Waals surface area contributed by atoms with Gasteiger partial charge in [0, 0.05) is 21.3 Å². The summed E-state index contributed by atoms with van der Waals surface area (Å²) in [6.07, 6.45) is 0. The first kappa shape index (κ1) is 12.8. The van der Waals surface area contributed by atoms with E-state index in [2.05, 4.69) is 15.9 Å². The highest BCUT2D eigenvalue weighted by Gasteiger charge is 2.12. The summed E-state index contributed by atoms with van der Waals surface area (Å²) in [5.41, 5.74) is 9.87. The molecule has 0 amide bonds. The van der Waals surface area contributed by atoms with E-state index in [0.29, 0.717) is 16.8 Å². The van der Waals surface area contributed by atoms with E-state index in [0.717, 1.165) is 10.0 Å². The summed E-state index contributed by atoms with van der Waals surface area (Å²) >= 11 is 3.33. The molecule has 0 aliphatic rings. The minimum absolute atomic E-state index is 0.0388. The first-order chi connectivity index (χ1) is 8.49. The van der Waals surface area contributed by atoms with Gasteiger partial charge in [-0.05, 0) is 49.2 Å². The van der Waals surface area contributed by atoms with Crippen molar-refractivity contribution in [2.24, 2.45) is 0 Å². The summed E-state index contributed by atoms with van der Waals surface area (Å²) in [7, 11) is 0. The van der Waals surface area contributed by atoms with Gasteiger partial charge in [-0.1, -0.05) is 28.1 Å². The Hall–Kier alpha value is -1.61. The zero-order chi connectivity index (χ0) is 13.3. The third kappa shape index (κ3) is 2.46. The predicted molar refractivity (Wildman–Crippen MR) is 77.9 cm³/mol. The monoisotopic (exact) mass is 303 g/mol. The van der Waals surface area contributed by atoms with Crippen molar-refractivity contribution in [2.75, 3.05) is 5.73 Å².